The number of ether oxygens (including phenoxy) is 3. The summed E-state index contributed by atoms with van der Waals surface area (Å²) in [5.41, 5.74) is -1.71. The molecule has 0 spiro atoms. The topological polar surface area (TPSA) is 153 Å². The number of ketones is 1. The minimum Gasteiger partial charge on any atom is -0.469 e. The number of phosphoric acid groups is 1. The quantitative estimate of drug-likeness (QED) is 0.200. The number of Topliss-reactive ketones (excluding diaryl/α,β-unsaturated/α-hetero) is 1. The molecule has 0 saturated carbocycles. The van der Waals surface area contributed by atoms with E-state index in [1.54, 1.807) is 27.7 Å². The van der Waals surface area contributed by atoms with Gasteiger partial charge in [-0.05, 0) is 20.3 Å². The average Bonchev–Trinajstić information content (AvgIpc) is 2.68. The van der Waals surface area contributed by atoms with Crippen molar-refractivity contribution < 1.29 is 51.5 Å². The van der Waals surface area contributed by atoms with Crippen molar-refractivity contribution in [3.63, 3.8) is 0 Å². The summed E-state index contributed by atoms with van der Waals surface area (Å²) in [5, 5.41) is 2.46. The molecule has 0 aromatic rings. The Kier molecular flexibility index (Phi) is 10.3. The molecule has 2 atom stereocenters. The van der Waals surface area contributed by atoms with Crippen molar-refractivity contribution in [3.8, 4) is 0 Å². The molecule has 1 heterocycles. The van der Waals surface area contributed by atoms with E-state index >= 15 is 0 Å². The Bertz CT molecular complexity index is 750. The smallest absolute Gasteiger partial charge is 0.469 e. The minimum absolute atomic E-state index is 0.0134. The van der Waals surface area contributed by atoms with Crippen molar-refractivity contribution in [2.45, 2.75) is 65.5 Å². The maximum atomic E-state index is 12.7. The van der Waals surface area contributed by atoms with E-state index in [2.05, 4.69) is 10.1 Å². The van der Waals surface area contributed by atoms with E-state index in [0.717, 1.165) is 0 Å². The van der Waals surface area contributed by atoms with Crippen LogP contribution in [0.25, 0.3) is 0 Å². The molecule has 1 aliphatic heterocycles. The first-order valence-corrected chi connectivity index (χ1v) is 11.4. The van der Waals surface area contributed by atoms with Crippen molar-refractivity contribution in [1.82, 2.24) is 5.32 Å². The highest BCUT2D eigenvalue weighted by atomic mass is 31.2. The van der Waals surface area contributed by atoms with E-state index in [1.807, 2.05) is 0 Å². The highest BCUT2D eigenvalue weighted by Crippen LogP contribution is 2.57. The van der Waals surface area contributed by atoms with Gasteiger partial charge in [0.05, 0.1) is 19.3 Å². The third-order valence-corrected chi connectivity index (χ3v) is 5.68. The third kappa shape index (κ3) is 9.64. The molecular formula is C19H32NO11P. The van der Waals surface area contributed by atoms with Crippen LogP contribution in [0.3, 0.4) is 0 Å². The number of hydrogen-bond acceptors (Lipinski definition) is 11. The first kappa shape index (κ1) is 28.0. The summed E-state index contributed by atoms with van der Waals surface area (Å²) in [6, 6.07) is 0. The minimum atomic E-state index is -4.18. The second-order valence-electron chi connectivity index (χ2n) is 8.56. The lowest BCUT2D eigenvalue weighted by atomic mass is 9.84. The number of hydrogen-bond donors (Lipinski definition) is 1. The van der Waals surface area contributed by atoms with Crippen LogP contribution in [-0.2, 0) is 46.7 Å². The van der Waals surface area contributed by atoms with Gasteiger partial charge < -0.3 is 19.5 Å². The van der Waals surface area contributed by atoms with Crippen LogP contribution in [0.1, 0.15) is 53.9 Å². The molecule has 13 heteroatoms. The molecule has 12 nitrogen and oxygen atoms in total. The van der Waals surface area contributed by atoms with Gasteiger partial charge in [0.1, 0.15) is 12.7 Å². The second-order valence-corrected chi connectivity index (χ2v) is 10.2. The number of amides is 1. The third-order valence-electron chi connectivity index (χ3n) is 4.34. The summed E-state index contributed by atoms with van der Waals surface area (Å²) >= 11 is 0. The largest absolute Gasteiger partial charge is 0.478 e. The van der Waals surface area contributed by atoms with Crippen molar-refractivity contribution in [2.24, 2.45) is 5.41 Å². The lowest BCUT2D eigenvalue weighted by molar-refractivity contribution is -0.143. The zero-order valence-corrected chi connectivity index (χ0v) is 20.2. The van der Waals surface area contributed by atoms with Crippen LogP contribution in [0.4, 0.5) is 4.79 Å². The van der Waals surface area contributed by atoms with Crippen LogP contribution >= 0.6 is 7.82 Å². The molecular weight excluding hydrogens is 449 g/mol. The molecule has 1 rings (SSSR count). The van der Waals surface area contributed by atoms with Crippen LogP contribution in [0.2, 0.25) is 0 Å². The van der Waals surface area contributed by atoms with Crippen LogP contribution in [0.5, 0.6) is 0 Å². The molecule has 1 unspecified atom stereocenters. The molecule has 32 heavy (non-hydrogen) atoms. The molecule has 0 aromatic carbocycles. The Morgan fingerprint density at radius 3 is 2.41 bits per heavy atom. The van der Waals surface area contributed by atoms with E-state index in [4.69, 9.17) is 23.0 Å². The number of nitrogens with one attached hydrogen (secondary N) is 1. The number of alkyl carbamates (subject to hydrolysis) is 1. The summed E-state index contributed by atoms with van der Waals surface area (Å²) in [7, 11) is -2.92. The number of methoxy groups -OCH3 is 1. The Morgan fingerprint density at radius 2 is 1.81 bits per heavy atom. The van der Waals surface area contributed by atoms with Gasteiger partial charge in [0, 0.05) is 25.2 Å². The SMILES string of the molecule is COC(=O)CCCC(=O)[C@@H]1OP(=O)(OCOC(=O)NC(C)(C)COC(C)=O)OCC1(C)C. The number of esters is 2. The molecule has 1 aliphatic rings. The lowest BCUT2D eigenvalue weighted by Crippen LogP contribution is -2.47. The van der Waals surface area contributed by atoms with Crippen molar-refractivity contribution in [2.75, 3.05) is 27.1 Å². The second kappa shape index (κ2) is 11.7. The highest BCUT2D eigenvalue weighted by molar-refractivity contribution is 7.48. The normalized spacial score (nSPS) is 22.5. The highest BCUT2D eigenvalue weighted by Gasteiger charge is 2.48. The summed E-state index contributed by atoms with van der Waals surface area (Å²) in [5.74, 6) is -1.30. The van der Waals surface area contributed by atoms with Gasteiger partial charge in [-0.25, -0.2) is 13.9 Å². The van der Waals surface area contributed by atoms with Gasteiger partial charge in [-0.2, -0.15) is 0 Å². The zero-order valence-electron chi connectivity index (χ0n) is 19.3. The predicted molar refractivity (Wildman–Crippen MR) is 109 cm³/mol. The molecule has 1 fully saturated rings. The van der Waals surface area contributed by atoms with Gasteiger partial charge in [-0.15, -0.1) is 0 Å². The molecule has 0 bridgehead atoms. The Labute approximate surface area is 187 Å². The predicted octanol–water partition coefficient (Wildman–Crippen LogP) is 2.49. The zero-order chi connectivity index (χ0) is 24.6. The molecule has 0 radical (unpaired) electrons. The van der Waals surface area contributed by atoms with Crippen LogP contribution < -0.4 is 5.32 Å². The Morgan fingerprint density at radius 1 is 1.16 bits per heavy atom. The van der Waals surface area contributed by atoms with Crippen molar-refractivity contribution in [1.29, 1.82) is 0 Å². The fourth-order valence-corrected chi connectivity index (χ4v) is 4.13. The number of rotatable bonds is 11. The number of carbonyl (C=O) groups is 4. The maximum Gasteiger partial charge on any atom is 0.478 e. The number of phosphoric ester groups is 1. The number of carbonyl (C=O) groups excluding carboxylic acids is 4. The summed E-state index contributed by atoms with van der Waals surface area (Å²) in [6.45, 7) is 6.90. The maximum absolute atomic E-state index is 12.7. The van der Waals surface area contributed by atoms with Crippen molar-refractivity contribution in [3.05, 3.63) is 0 Å². The molecule has 1 N–H and O–H groups in total. The van der Waals surface area contributed by atoms with Gasteiger partial charge in [0.15, 0.2) is 5.78 Å². The fraction of sp³-hybridized carbons (Fsp3) is 0.789. The molecule has 1 saturated heterocycles. The molecule has 0 aliphatic carbocycles. The van der Waals surface area contributed by atoms with E-state index in [1.165, 1.54) is 14.0 Å². The van der Waals surface area contributed by atoms with Gasteiger partial charge in [0.2, 0.25) is 6.79 Å². The van der Waals surface area contributed by atoms with Crippen LogP contribution in [0.15, 0.2) is 0 Å². The Balaban J connectivity index is 2.57. The van der Waals surface area contributed by atoms with Gasteiger partial charge in [-0.3, -0.25) is 23.4 Å². The van der Waals surface area contributed by atoms with Crippen LogP contribution in [0, 0.1) is 5.41 Å². The first-order valence-electron chi connectivity index (χ1n) is 9.95. The van der Waals surface area contributed by atoms with Gasteiger partial charge in [-0.1, -0.05) is 13.8 Å². The molecule has 0 aromatic heterocycles. The standard InChI is InChI=1S/C19H32NO11P/c1-13(21)27-11-19(4,5)20-17(24)28-12-30-32(25)29-10-18(2,3)16(31-32)14(22)8-7-9-15(23)26-6/h16H,7-12H2,1-6H3,(H,20,24)/t16-,32?/m0/s1. The fourth-order valence-electron chi connectivity index (χ4n) is 2.60. The average molecular weight is 481 g/mol. The van der Waals surface area contributed by atoms with E-state index < -0.39 is 49.7 Å². The van der Waals surface area contributed by atoms with E-state index in [9.17, 15) is 23.7 Å². The van der Waals surface area contributed by atoms with Gasteiger partial charge >= 0.3 is 25.9 Å². The van der Waals surface area contributed by atoms with Gasteiger partial charge in [0.25, 0.3) is 0 Å². The van der Waals surface area contributed by atoms with E-state index in [-0.39, 0.29) is 38.3 Å². The molecule has 1 amide bonds. The summed E-state index contributed by atoms with van der Waals surface area (Å²) < 4.78 is 42.5. The lowest BCUT2D eigenvalue weighted by Gasteiger charge is -2.39. The Hall–Kier alpha value is -2.01. The molecule has 184 valence electrons. The monoisotopic (exact) mass is 481 g/mol. The van der Waals surface area contributed by atoms with Crippen molar-refractivity contribution >= 4 is 31.6 Å². The first-order chi connectivity index (χ1) is 14.7. The van der Waals surface area contributed by atoms with E-state index in [0.29, 0.717) is 0 Å². The van der Waals surface area contributed by atoms with Crippen LogP contribution in [-0.4, -0.2) is 62.6 Å². The summed E-state index contributed by atoms with van der Waals surface area (Å²) in [4.78, 5) is 46.6. The summed E-state index contributed by atoms with van der Waals surface area (Å²) in [6.07, 6.45) is -1.69.